The van der Waals surface area contributed by atoms with Crippen molar-refractivity contribution in [1.29, 1.82) is 0 Å². The number of carbonyl (C=O) groups excluding carboxylic acids is 2. The third-order valence-electron chi connectivity index (χ3n) is 4.33. The molecule has 26 heavy (non-hydrogen) atoms. The summed E-state index contributed by atoms with van der Waals surface area (Å²) in [6.45, 7) is 6.48. The van der Waals surface area contributed by atoms with Crippen LogP contribution in [-0.2, 0) is 26.0 Å². The molecule has 0 radical (unpaired) electrons. The molecule has 2 N–H and O–H groups in total. The summed E-state index contributed by atoms with van der Waals surface area (Å²) in [5, 5.41) is 2.70. The van der Waals surface area contributed by atoms with Gasteiger partial charge in [0, 0.05) is 25.7 Å². The van der Waals surface area contributed by atoms with Gasteiger partial charge in [0.2, 0.25) is 21.8 Å². The number of fused-ring (bicyclic) bond motifs is 1. The minimum Gasteiger partial charge on any atom is -0.355 e. The van der Waals surface area contributed by atoms with Gasteiger partial charge in [-0.05, 0) is 48.9 Å². The lowest BCUT2D eigenvalue weighted by Crippen LogP contribution is -2.37. The van der Waals surface area contributed by atoms with Crippen LogP contribution in [0.3, 0.4) is 0 Å². The first-order chi connectivity index (χ1) is 12.2. The normalized spacial score (nSPS) is 14.2. The van der Waals surface area contributed by atoms with Gasteiger partial charge < -0.3 is 10.2 Å². The van der Waals surface area contributed by atoms with E-state index in [1.54, 1.807) is 17.0 Å². The van der Waals surface area contributed by atoms with Gasteiger partial charge in [0.25, 0.3) is 0 Å². The minimum absolute atomic E-state index is 0.0576. The number of aryl methyl sites for hydroxylation is 1. The highest BCUT2D eigenvalue weighted by Crippen LogP contribution is 2.29. The lowest BCUT2D eigenvalue weighted by Gasteiger charge is -2.28. The van der Waals surface area contributed by atoms with Gasteiger partial charge in [-0.2, -0.15) is 0 Å². The number of anilines is 1. The molecule has 2 rings (SSSR count). The van der Waals surface area contributed by atoms with Crippen LogP contribution in [0.4, 0.5) is 5.69 Å². The average Bonchev–Trinajstić information content (AvgIpc) is 2.58. The Morgan fingerprint density at radius 3 is 2.65 bits per heavy atom. The third-order valence-corrected chi connectivity index (χ3v) is 5.73. The Hall–Kier alpha value is -1.93. The van der Waals surface area contributed by atoms with E-state index >= 15 is 0 Å². The maximum atomic E-state index is 12.4. The van der Waals surface area contributed by atoms with Crippen LogP contribution in [0.15, 0.2) is 23.1 Å². The number of sulfonamides is 1. The molecule has 0 aliphatic carbocycles. The molecule has 0 unspecified atom stereocenters. The number of hydrogen-bond donors (Lipinski definition) is 2. The Labute approximate surface area is 155 Å². The molecular formula is C18H27N3O4S. The average molecular weight is 381 g/mol. The van der Waals surface area contributed by atoms with Gasteiger partial charge in [0.15, 0.2) is 0 Å². The molecule has 0 bridgehead atoms. The molecule has 1 aliphatic heterocycles. The van der Waals surface area contributed by atoms with E-state index in [1.807, 2.05) is 0 Å². The van der Waals surface area contributed by atoms with E-state index in [-0.39, 0.29) is 23.3 Å². The van der Waals surface area contributed by atoms with Crippen LogP contribution < -0.4 is 14.9 Å². The molecule has 1 aromatic rings. The summed E-state index contributed by atoms with van der Waals surface area (Å²) >= 11 is 0. The van der Waals surface area contributed by atoms with Crippen molar-refractivity contribution >= 4 is 27.5 Å². The van der Waals surface area contributed by atoms with Gasteiger partial charge in [-0.1, -0.05) is 13.8 Å². The summed E-state index contributed by atoms with van der Waals surface area (Å²) in [5.74, 6) is 0.0599. The second-order valence-corrected chi connectivity index (χ2v) is 8.69. The minimum atomic E-state index is -3.78. The molecule has 1 aromatic carbocycles. The lowest BCUT2D eigenvalue weighted by molar-refractivity contribution is -0.120. The number of benzene rings is 1. The van der Waals surface area contributed by atoms with Gasteiger partial charge in [-0.3, -0.25) is 9.59 Å². The molecule has 1 aliphatic rings. The molecule has 8 heteroatoms. The first-order valence-electron chi connectivity index (χ1n) is 8.88. The van der Waals surface area contributed by atoms with E-state index < -0.39 is 10.0 Å². The summed E-state index contributed by atoms with van der Waals surface area (Å²) in [4.78, 5) is 25.2. The highest BCUT2D eigenvalue weighted by atomic mass is 32.2. The molecule has 144 valence electrons. The van der Waals surface area contributed by atoms with Crippen molar-refractivity contribution in [2.75, 3.05) is 24.5 Å². The number of hydrogen-bond acceptors (Lipinski definition) is 4. The van der Waals surface area contributed by atoms with Crippen molar-refractivity contribution in [3.8, 4) is 0 Å². The van der Waals surface area contributed by atoms with Gasteiger partial charge in [-0.15, -0.1) is 0 Å². The summed E-state index contributed by atoms with van der Waals surface area (Å²) in [5.41, 5.74) is 1.59. The van der Waals surface area contributed by atoms with Crippen LogP contribution in [0.2, 0.25) is 0 Å². The Balaban J connectivity index is 2.03. The predicted molar refractivity (Wildman–Crippen MR) is 100 cm³/mol. The largest absolute Gasteiger partial charge is 0.355 e. The van der Waals surface area contributed by atoms with E-state index in [2.05, 4.69) is 23.9 Å². The van der Waals surface area contributed by atoms with Gasteiger partial charge in [0.1, 0.15) is 0 Å². The van der Waals surface area contributed by atoms with Crippen LogP contribution in [0.1, 0.15) is 39.2 Å². The van der Waals surface area contributed by atoms with Crippen LogP contribution in [0, 0.1) is 5.92 Å². The fourth-order valence-corrected chi connectivity index (χ4v) is 3.91. The van der Waals surface area contributed by atoms with Crippen LogP contribution in [-0.4, -0.2) is 39.9 Å². The zero-order valence-corrected chi connectivity index (χ0v) is 16.4. The smallest absolute Gasteiger partial charge is 0.241 e. The number of nitrogens with zero attached hydrogens (tertiary/aromatic N) is 1. The highest BCUT2D eigenvalue weighted by molar-refractivity contribution is 7.89. The van der Waals surface area contributed by atoms with E-state index in [4.69, 9.17) is 0 Å². The highest BCUT2D eigenvalue weighted by Gasteiger charge is 2.23. The Kier molecular flexibility index (Phi) is 6.77. The molecule has 7 nitrogen and oxygen atoms in total. The lowest BCUT2D eigenvalue weighted by atomic mass is 10.0. The predicted octanol–water partition coefficient (Wildman–Crippen LogP) is 1.43. The number of nitrogens with one attached hydrogen (secondary N) is 2. The second-order valence-electron chi connectivity index (χ2n) is 6.92. The fraction of sp³-hybridized carbons (Fsp3) is 0.556. The number of amides is 2. The van der Waals surface area contributed by atoms with E-state index in [9.17, 15) is 18.0 Å². The van der Waals surface area contributed by atoms with Crippen molar-refractivity contribution in [1.82, 2.24) is 10.0 Å². The quantitative estimate of drug-likeness (QED) is 0.747. The van der Waals surface area contributed by atoms with Crippen molar-refractivity contribution < 1.29 is 18.0 Å². The van der Waals surface area contributed by atoms with Crippen LogP contribution in [0.5, 0.6) is 0 Å². The molecule has 0 fully saturated rings. The zero-order valence-electron chi connectivity index (χ0n) is 15.5. The van der Waals surface area contributed by atoms with Gasteiger partial charge >= 0.3 is 0 Å². The van der Waals surface area contributed by atoms with Gasteiger partial charge in [-0.25, -0.2) is 13.1 Å². The van der Waals surface area contributed by atoms with Crippen molar-refractivity contribution in [3.63, 3.8) is 0 Å². The zero-order chi connectivity index (χ0) is 19.3. The van der Waals surface area contributed by atoms with E-state index in [1.165, 1.54) is 13.0 Å². The number of carbonyl (C=O) groups is 2. The molecular weight excluding hydrogens is 354 g/mol. The molecule has 0 aromatic heterocycles. The molecule has 2 amide bonds. The summed E-state index contributed by atoms with van der Waals surface area (Å²) in [6, 6.07) is 4.72. The van der Waals surface area contributed by atoms with E-state index in [0.29, 0.717) is 19.0 Å². The first-order valence-corrected chi connectivity index (χ1v) is 10.4. The summed E-state index contributed by atoms with van der Waals surface area (Å²) < 4.78 is 27.2. The monoisotopic (exact) mass is 381 g/mol. The van der Waals surface area contributed by atoms with E-state index in [0.717, 1.165) is 30.5 Å². The number of rotatable bonds is 7. The van der Waals surface area contributed by atoms with Crippen LogP contribution >= 0.6 is 0 Å². The second kappa shape index (κ2) is 8.64. The van der Waals surface area contributed by atoms with Crippen molar-refractivity contribution in [2.45, 2.75) is 44.9 Å². The van der Waals surface area contributed by atoms with Crippen LogP contribution in [0.25, 0.3) is 0 Å². The topological polar surface area (TPSA) is 95.6 Å². The summed E-state index contributed by atoms with van der Waals surface area (Å²) in [6.07, 6.45) is 2.36. The Bertz CT molecular complexity index is 775. The molecule has 0 saturated carbocycles. The SMILES string of the molecule is CC(=O)N1CCCc2cc(S(=O)(=O)NCC(=O)NCCC(C)C)ccc21. The maximum Gasteiger partial charge on any atom is 0.241 e. The molecule has 0 saturated heterocycles. The fourth-order valence-electron chi connectivity index (χ4n) is 2.87. The first kappa shape index (κ1) is 20.4. The molecule has 0 spiro atoms. The summed E-state index contributed by atoms with van der Waals surface area (Å²) in [7, 11) is -3.78. The standard InChI is InChI=1S/C18H27N3O4S/c1-13(2)8-9-19-18(23)12-20-26(24,25)16-6-7-17-15(11-16)5-4-10-21(17)14(3)22/h6-7,11,13,20H,4-5,8-10,12H2,1-3H3,(H,19,23). The van der Waals surface area contributed by atoms with Gasteiger partial charge in [0.05, 0.1) is 11.4 Å². The Morgan fingerprint density at radius 2 is 2.00 bits per heavy atom. The Morgan fingerprint density at radius 1 is 1.27 bits per heavy atom. The van der Waals surface area contributed by atoms with Crippen molar-refractivity contribution in [3.05, 3.63) is 23.8 Å². The molecule has 0 atom stereocenters. The molecule has 1 heterocycles. The maximum absolute atomic E-state index is 12.4. The van der Waals surface area contributed by atoms with Crippen molar-refractivity contribution in [2.24, 2.45) is 5.92 Å². The third kappa shape index (κ3) is 5.28.